The highest BCUT2D eigenvalue weighted by molar-refractivity contribution is 6.50. The molecule has 0 spiro atoms. The first-order valence-electron chi connectivity index (χ1n) is 18.9. The van der Waals surface area contributed by atoms with E-state index in [9.17, 15) is 29.4 Å². The maximum absolute atomic E-state index is 13.5. The van der Waals surface area contributed by atoms with E-state index < -0.39 is 23.1 Å². The van der Waals surface area contributed by atoms with Crippen LogP contribution in [0.5, 0.6) is 69.0 Å². The van der Waals surface area contributed by atoms with Crippen molar-refractivity contribution in [1.29, 1.82) is 0 Å². The van der Waals surface area contributed by atoms with Gasteiger partial charge in [0, 0.05) is 58.7 Å². The van der Waals surface area contributed by atoms with Crippen molar-refractivity contribution < 1.29 is 67.3 Å². The summed E-state index contributed by atoms with van der Waals surface area (Å²) >= 11 is 0. The summed E-state index contributed by atoms with van der Waals surface area (Å²) in [6.45, 7) is 0. The van der Waals surface area contributed by atoms with Crippen LogP contribution in [-0.2, 0) is 12.8 Å². The van der Waals surface area contributed by atoms with Gasteiger partial charge in [-0.25, -0.2) is 0 Å². The van der Waals surface area contributed by atoms with Gasteiger partial charge in [0.2, 0.25) is 23.1 Å². The molecule has 0 saturated heterocycles. The molecule has 0 aromatic heterocycles. The van der Waals surface area contributed by atoms with E-state index in [-0.39, 0.29) is 56.8 Å². The van der Waals surface area contributed by atoms with Crippen molar-refractivity contribution in [1.82, 2.24) is 0 Å². The first-order chi connectivity index (χ1) is 29.8. The van der Waals surface area contributed by atoms with Gasteiger partial charge in [0.25, 0.3) is 0 Å². The average Bonchev–Trinajstić information content (AvgIpc) is 3.28. The van der Waals surface area contributed by atoms with Gasteiger partial charge in [0.15, 0.2) is 0 Å². The van der Waals surface area contributed by atoms with E-state index in [1.807, 2.05) is 12.1 Å². The molecule has 0 fully saturated rings. The lowest BCUT2D eigenvalue weighted by molar-refractivity contribution is 0.0816. The number of ether oxygens (including phenoxy) is 8. The van der Waals surface area contributed by atoms with E-state index in [0.29, 0.717) is 52.9 Å². The van der Waals surface area contributed by atoms with Gasteiger partial charge < -0.3 is 48.1 Å². The Morgan fingerprint density at radius 1 is 0.323 bits per heavy atom. The normalized spacial score (nSPS) is 10.6. The fraction of sp³-hybridized carbons (Fsp3) is 0.167. The molecule has 14 nitrogen and oxygen atoms in total. The van der Waals surface area contributed by atoms with Crippen LogP contribution in [0.25, 0.3) is 0 Å². The Balaban J connectivity index is 1.32. The maximum Gasteiger partial charge on any atom is 0.233 e. The minimum atomic E-state index is -0.925. The van der Waals surface area contributed by atoms with Gasteiger partial charge in [-0.15, -0.1) is 0 Å². The molecule has 0 saturated carbocycles. The van der Waals surface area contributed by atoms with Gasteiger partial charge in [-0.1, -0.05) is 0 Å². The predicted molar refractivity (Wildman–Crippen MR) is 226 cm³/mol. The Kier molecular flexibility index (Phi) is 13.6. The highest BCUT2D eigenvalue weighted by atomic mass is 16.5. The summed E-state index contributed by atoms with van der Waals surface area (Å²) in [5.74, 6) is -1.42. The molecule has 6 aromatic rings. The van der Waals surface area contributed by atoms with Crippen LogP contribution < -0.4 is 37.9 Å². The lowest BCUT2D eigenvalue weighted by atomic mass is 10.0. The largest absolute Gasteiger partial charge is 0.508 e. The summed E-state index contributed by atoms with van der Waals surface area (Å²) in [6, 6.07) is 26.7. The number of ketones is 4. The number of methoxy groups -OCH3 is 6. The monoisotopic (exact) mass is 842 g/mol. The van der Waals surface area contributed by atoms with Crippen molar-refractivity contribution in [2.45, 2.75) is 12.8 Å². The Morgan fingerprint density at radius 3 is 0.855 bits per heavy atom. The molecule has 0 bridgehead atoms. The van der Waals surface area contributed by atoms with Gasteiger partial charge in [-0.2, -0.15) is 0 Å². The van der Waals surface area contributed by atoms with Crippen molar-refractivity contribution in [2.75, 3.05) is 42.7 Å². The Hall–Kier alpha value is -8.00. The van der Waals surface area contributed by atoms with Crippen molar-refractivity contribution in [3.8, 4) is 69.0 Å². The Bertz CT molecular complexity index is 2450. The van der Waals surface area contributed by atoms with Crippen LogP contribution in [0, 0.1) is 0 Å². The van der Waals surface area contributed by atoms with Crippen molar-refractivity contribution in [2.24, 2.45) is 0 Å². The molecular weight excluding hydrogens is 801 g/mol. The second kappa shape index (κ2) is 19.4. The quantitative estimate of drug-likeness (QED) is 0.0584. The summed E-state index contributed by atoms with van der Waals surface area (Å²) in [4.78, 5) is 53.7. The van der Waals surface area contributed by atoms with Crippen molar-refractivity contribution >= 4 is 23.1 Å². The zero-order chi connectivity index (χ0) is 44.5. The topological polar surface area (TPSA) is 183 Å². The van der Waals surface area contributed by atoms with Gasteiger partial charge >= 0.3 is 0 Å². The molecule has 0 aliphatic heterocycles. The number of aromatic hydroxyl groups is 2. The summed E-state index contributed by atoms with van der Waals surface area (Å²) in [5.41, 5.74) is 1.34. The lowest BCUT2D eigenvalue weighted by Crippen LogP contribution is -2.15. The molecule has 0 amide bonds. The molecule has 0 atom stereocenters. The van der Waals surface area contributed by atoms with Crippen LogP contribution in [0.15, 0.2) is 109 Å². The van der Waals surface area contributed by atoms with Crippen LogP contribution in [0.3, 0.4) is 0 Å². The fourth-order valence-corrected chi connectivity index (χ4v) is 6.41. The maximum atomic E-state index is 13.5. The number of phenols is 2. The van der Waals surface area contributed by atoms with Gasteiger partial charge in [0.05, 0.1) is 42.7 Å². The van der Waals surface area contributed by atoms with Crippen LogP contribution in [0.1, 0.15) is 52.6 Å². The molecule has 0 aliphatic carbocycles. The van der Waals surface area contributed by atoms with E-state index in [1.165, 1.54) is 83.0 Å². The van der Waals surface area contributed by atoms with E-state index in [1.54, 1.807) is 44.6 Å². The van der Waals surface area contributed by atoms with Crippen LogP contribution in [-0.4, -0.2) is 76.0 Å². The van der Waals surface area contributed by atoms with Gasteiger partial charge in [-0.05, 0) is 96.8 Å². The minimum absolute atomic E-state index is 0.0156. The zero-order valence-electron chi connectivity index (χ0n) is 34.6. The third-order valence-corrected chi connectivity index (χ3v) is 9.47. The van der Waals surface area contributed by atoms with Gasteiger partial charge in [-0.3, -0.25) is 19.2 Å². The van der Waals surface area contributed by atoms with E-state index in [2.05, 4.69) is 0 Å². The third kappa shape index (κ3) is 10.6. The van der Waals surface area contributed by atoms with Gasteiger partial charge in [0.1, 0.15) is 69.0 Å². The number of hydrogen-bond acceptors (Lipinski definition) is 14. The van der Waals surface area contributed by atoms with Crippen LogP contribution in [0.2, 0.25) is 0 Å². The molecule has 0 unspecified atom stereocenters. The summed E-state index contributed by atoms with van der Waals surface area (Å²) in [5, 5.41) is 21.4. The van der Waals surface area contributed by atoms with Crippen molar-refractivity contribution in [3.05, 3.63) is 143 Å². The van der Waals surface area contributed by atoms with E-state index in [4.69, 9.17) is 37.9 Å². The van der Waals surface area contributed by atoms with Crippen LogP contribution >= 0.6 is 0 Å². The molecule has 6 aromatic carbocycles. The fourth-order valence-electron chi connectivity index (χ4n) is 6.41. The Labute approximate surface area is 356 Å². The molecular formula is C48H42O14. The average molecular weight is 843 g/mol. The molecule has 318 valence electrons. The number of aryl methyl sites for hydroxylation is 2. The number of Topliss-reactive ketones (excluding diaryl/α,β-unsaturated/α-hetero) is 4. The number of rotatable bonds is 19. The number of carbonyl (C=O) groups excluding carboxylic acids is 4. The molecule has 6 rings (SSSR count). The lowest BCUT2D eigenvalue weighted by Gasteiger charge is -2.14. The number of carbonyl (C=O) groups is 4. The standard InChI is InChI=1S/C48H42O14/c1-55-35-9-27(10-36(23-35)56-2)7-8-28-11-41(61-43-19-29(13-33(49)21-43)45(51)47(53)31-15-37(57-3)24-38(16-31)58-4)26-42(12-28)62-44-20-30(14-34(50)22-44)46(52)48(54)32-17-39(59-5)25-40(18-32)60-6/h9-26,49-50H,7-8H2,1-6H3. The number of hydrogen-bond donors (Lipinski definition) is 2. The highest BCUT2D eigenvalue weighted by Gasteiger charge is 2.24. The van der Waals surface area contributed by atoms with Crippen LogP contribution in [0.4, 0.5) is 0 Å². The predicted octanol–water partition coefficient (Wildman–Crippen LogP) is 8.65. The SMILES string of the molecule is COc1cc(CCc2cc(Oc3cc(O)cc(C(=O)C(=O)c4cc(OC)cc(OC)c4)c3)cc(Oc3cc(O)cc(C(=O)C(=O)c4cc(OC)cc(OC)c4)c3)c2)cc(OC)c1. The van der Waals surface area contributed by atoms with E-state index >= 15 is 0 Å². The highest BCUT2D eigenvalue weighted by Crippen LogP contribution is 2.35. The second-order valence-electron chi connectivity index (χ2n) is 13.7. The number of benzene rings is 6. The summed E-state index contributed by atoms with van der Waals surface area (Å²) < 4.78 is 44.3. The molecule has 14 heteroatoms. The first-order valence-corrected chi connectivity index (χ1v) is 18.9. The molecule has 0 aliphatic rings. The molecule has 0 heterocycles. The number of phenolic OH excluding ortho intramolecular Hbond substituents is 2. The summed E-state index contributed by atoms with van der Waals surface area (Å²) in [7, 11) is 8.77. The molecule has 62 heavy (non-hydrogen) atoms. The van der Waals surface area contributed by atoms with E-state index in [0.717, 1.165) is 17.7 Å². The smallest absolute Gasteiger partial charge is 0.233 e. The van der Waals surface area contributed by atoms with Crippen molar-refractivity contribution in [3.63, 3.8) is 0 Å². The molecule has 0 radical (unpaired) electrons. The zero-order valence-corrected chi connectivity index (χ0v) is 34.6. The second-order valence-corrected chi connectivity index (χ2v) is 13.7. The first kappa shape index (κ1) is 43.6. The summed E-state index contributed by atoms with van der Waals surface area (Å²) in [6.07, 6.45) is 0.953. The third-order valence-electron chi connectivity index (χ3n) is 9.47. The Morgan fingerprint density at radius 2 is 0.548 bits per heavy atom. The minimum Gasteiger partial charge on any atom is -0.508 e. The molecule has 2 N–H and O–H groups in total.